The zero-order valence-corrected chi connectivity index (χ0v) is 21.3. The molecule has 3 aromatic rings. The molecule has 0 spiro atoms. The molecule has 0 radical (unpaired) electrons. The monoisotopic (exact) mass is 500 g/mol. The highest BCUT2D eigenvalue weighted by molar-refractivity contribution is 5.94. The van der Waals surface area contributed by atoms with Crippen molar-refractivity contribution >= 4 is 5.91 Å². The van der Waals surface area contributed by atoms with Gasteiger partial charge in [0.1, 0.15) is 11.9 Å². The molecule has 7 nitrogen and oxygen atoms in total. The molecule has 0 saturated carbocycles. The molecule has 2 N–H and O–H groups in total. The van der Waals surface area contributed by atoms with Gasteiger partial charge in [-0.3, -0.25) is 19.6 Å². The molecule has 2 aliphatic heterocycles. The van der Waals surface area contributed by atoms with E-state index in [-0.39, 0.29) is 18.6 Å². The summed E-state index contributed by atoms with van der Waals surface area (Å²) in [5.41, 5.74) is 4.56. The van der Waals surface area contributed by atoms with E-state index < -0.39 is 6.10 Å². The van der Waals surface area contributed by atoms with E-state index in [0.717, 1.165) is 57.7 Å². The van der Waals surface area contributed by atoms with Crippen LogP contribution in [0.1, 0.15) is 39.9 Å². The first-order valence-corrected chi connectivity index (χ1v) is 13.3. The van der Waals surface area contributed by atoms with Crippen LogP contribution in [0.2, 0.25) is 0 Å². The SMILES string of the molecule is O=C(NC[C@H](O)CN1CCc2ccccc2C1)c1ccc(OC2CCN(Cc3ccncc3)CC2)cc1. The fraction of sp³-hybridized carbons (Fsp3) is 0.400. The van der Waals surface area contributed by atoms with Gasteiger partial charge in [-0.1, -0.05) is 24.3 Å². The molecule has 1 fully saturated rings. The average Bonchev–Trinajstić information content (AvgIpc) is 2.94. The number of β-amino-alcohol motifs (C(OH)–C–C–N with tert-alkyl or cyclic N) is 1. The first-order chi connectivity index (χ1) is 18.1. The summed E-state index contributed by atoms with van der Waals surface area (Å²) in [7, 11) is 0. The number of hydrogen-bond acceptors (Lipinski definition) is 6. The van der Waals surface area contributed by atoms with E-state index in [1.807, 2.05) is 24.5 Å². The molecule has 0 aliphatic carbocycles. The Morgan fingerprint density at radius 1 is 0.973 bits per heavy atom. The normalized spacial score (nSPS) is 17.6. The van der Waals surface area contributed by atoms with Gasteiger partial charge in [0.05, 0.1) is 6.10 Å². The van der Waals surface area contributed by atoms with Crippen molar-refractivity contribution in [2.45, 2.75) is 44.6 Å². The average molecular weight is 501 g/mol. The van der Waals surface area contributed by atoms with Crippen LogP contribution in [0.3, 0.4) is 0 Å². The summed E-state index contributed by atoms with van der Waals surface area (Å²) in [5.74, 6) is 0.605. The Morgan fingerprint density at radius 3 is 2.46 bits per heavy atom. The van der Waals surface area contributed by atoms with Gasteiger partial charge in [0.25, 0.3) is 5.91 Å². The van der Waals surface area contributed by atoms with Crippen LogP contribution in [0.25, 0.3) is 0 Å². The molecule has 2 aliphatic rings. The Bertz CT molecular complexity index is 1150. The van der Waals surface area contributed by atoms with Crippen LogP contribution >= 0.6 is 0 Å². The lowest BCUT2D eigenvalue weighted by Crippen LogP contribution is -2.42. The second-order valence-electron chi connectivity index (χ2n) is 10.1. The number of ether oxygens (including phenoxy) is 1. The number of pyridine rings is 1. The molecule has 0 bridgehead atoms. The van der Waals surface area contributed by atoms with Gasteiger partial charge in [-0.15, -0.1) is 0 Å². The van der Waals surface area contributed by atoms with Gasteiger partial charge < -0.3 is 15.2 Å². The summed E-state index contributed by atoms with van der Waals surface area (Å²) in [6.45, 7) is 5.48. The van der Waals surface area contributed by atoms with E-state index in [1.165, 1.54) is 16.7 Å². The van der Waals surface area contributed by atoms with Crippen molar-refractivity contribution < 1.29 is 14.6 Å². The Balaban J connectivity index is 1.02. The highest BCUT2D eigenvalue weighted by Crippen LogP contribution is 2.21. The van der Waals surface area contributed by atoms with Crippen LogP contribution in [0.5, 0.6) is 5.75 Å². The number of piperidine rings is 1. The molecule has 2 aromatic carbocycles. The van der Waals surface area contributed by atoms with E-state index in [2.05, 4.69) is 56.5 Å². The first-order valence-electron chi connectivity index (χ1n) is 13.3. The molecular formula is C30H36N4O3. The predicted octanol–water partition coefficient (Wildman–Crippen LogP) is 3.27. The zero-order chi connectivity index (χ0) is 25.5. The minimum Gasteiger partial charge on any atom is -0.490 e. The maximum absolute atomic E-state index is 12.6. The molecule has 1 amide bonds. The molecule has 3 heterocycles. The molecule has 194 valence electrons. The van der Waals surface area contributed by atoms with E-state index in [1.54, 1.807) is 12.1 Å². The molecule has 1 aromatic heterocycles. The standard InChI is InChI=1S/C30H36N4O3/c35-27(22-34-16-11-24-3-1-2-4-26(24)21-34)19-32-30(36)25-5-7-28(8-6-25)37-29-12-17-33(18-13-29)20-23-9-14-31-15-10-23/h1-10,14-15,27,29,35H,11-13,16-22H2,(H,32,36)/t27-/m0/s1. The minimum absolute atomic E-state index is 0.181. The van der Waals surface area contributed by atoms with E-state index in [0.29, 0.717) is 12.1 Å². The molecule has 1 saturated heterocycles. The first kappa shape index (κ1) is 25.4. The van der Waals surface area contributed by atoms with E-state index in [4.69, 9.17) is 4.74 Å². The number of carbonyl (C=O) groups is 1. The van der Waals surface area contributed by atoms with Gasteiger partial charge in [-0.25, -0.2) is 0 Å². The number of aromatic nitrogens is 1. The summed E-state index contributed by atoms with van der Waals surface area (Å²) < 4.78 is 6.18. The Kier molecular flexibility index (Phi) is 8.46. The van der Waals surface area contributed by atoms with Crippen molar-refractivity contribution in [3.8, 4) is 5.75 Å². The van der Waals surface area contributed by atoms with Crippen LogP contribution in [0.4, 0.5) is 0 Å². The molecule has 37 heavy (non-hydrogen) atoms. The molecule has 0 unspecified atom stereocenters. The number of benzene rings is 2. The molecule has 7 heteroatoms. The van der Waals surface area contributed by atoms with Crippen molar-refractivity contribution in [2.24, 2.45) is 0 Å². The van der Waals surface area contributed by atoms with E-state index in [9.17, 15) is 9.90 Å². The fourth-order valence-electron chi connectivity index (χ4n) is 5.19. The Hall–Kier alpha value is -3.26. The van der Waals surface area contributed by atoms with Crippen LogP contribution < -0.4 is 10.1 Å². The van der Waals surface area contributed by atoms with Gasteiger partial charge in [-0.2, -0.15) is 0 Å². The van der Waals surface area contributed by atoms with Crippen molar-refractivity contribution in [1.29, 1.82) is 0 Å². The van der Waals surface area contributed by atoms with Gasteiger partial charge in [0, 0.05) is 63.8 Å². The zero-order valence-electron chi connectivity index (χ0n) is 21.3. The van der Waals surface area contributed by atoms with Crippen LogP contribution in [0.15, 0.2) is 73.1 Å². The number of hydrogen-bond donors (Lipinski definition) is 2. The number of nitrogens with one attached hydrogen (secondary N) is 1. The molecular weight excluding hydrogens is 464 g/mol. The summed E-state index contributed by atoms with van der Waals surface area (Å²) >= 11 is 0. The van der Waals surface area contributed by atoms with Gasteiger partial charge in [-0.05, 0) is 72.4 Å². The Labute approximate surface area is 219 Å². The van der Waals surface area contributed by atoms with Crippen LogP contribution in [-0.2, 0) is 19.5 Å². The highest BCUT2D eigenvalue weighted by atomic mass is 16.5. The lowest BCUT2D eigenvalue weighted by Gasteiger charge is -2.32. The van der Waals surface area contributed by atoms with Gasteiger partial charge in [0.2, 0.25) is 0 Å². The van der Waals surface area contributed by atoms with Crippen molar-refractivity contribution in [3.63, 3.8) is 0 Å². The van der Waals surface area contributed by atoms with Gasteiger partial charge in [0.15, 0.2) is 0 Å². The van der Waals surface area contributed by atoms with Crippen molar-refractivity contribution in [1.82, 2.24) is 20.1 Å². The smallest absolute Gasteiger partial charge is 0.251 e. The third-order valence-corrected chi connectivity index (χ3v) is 7.29. The maximum Gasteiger partial charge on any atom is 0.251 e. The summed E-state index contributed by atoms with van der Waals surface area (Å²) in [6.07, 6.45) is 6.21. The quantitative estimate of drug-likeness (QED) is 0.470. The van der Waals surface area contributed by atoms with Crippen LogP contribution in [0, 0.1) is 0 Å². The topological polar surface area (TPSA) is 77.9 Å². The van der Waals surface area contributed by atoms with Gasteiger partial charge >= 0.3 is 0 Å². The van der Waals surface area contributed by atoms with Crippen molar-refractivity contribution in [3.05, 3.63) is 95.3 Å². The number of aliphatic hydroxyl groups is 1. The Morgan fingerprint density at radius 2 is 1.70 bits per heavy atom. The number of rotatable bonds is 9. The maximum atomic E-state index is 12.6. The summed E-state index contributed by atoms with van der Waals surface area (Å²) in [4.78, 5) is 21.4. The highest BCUT2D eigenvalue weighted by Gasteiger charge is 2.21. The summed E-state index contributed by atoms with van der Waals surface area (Å²) in [6, 6.07) is 19.9. The third-order valence-electron chi connectivity index (χ3n) is 7.29. The summed E-state index contributed by atoms with van der Waals surface area (Å²) in [5, 5.41) is 13.4. The lowest BCUT2D eigenvalue weighted by molar-refractivity contribution is 0.0841. The largest absolute Gasteiger partial charge is 0.490 e. The number of carbonyl (C=O) groups excluding carboxylic acids is 1. The molecule has 5 rings (SSSR count). The van der Waals surface area contributed by atoms with Crippen LogP contribution in [-0.4, -0.2) is 70.7 Å². The van der Waals surface area contributed by atoms with E-state index >= 15 is 0 Å². The third kappa shape index (κ3) is 7.16. The number of aliphatic hydroxyl groups excluding tert-OH is 1. The predicted molar refractivity (Wildman–Crippen MR) is 143 cm³/mol. The second kappa shape index (κ2) is 12.3. The minimum atomic E-state index is -0.610. The lowest BCUT2D eigenvalue weighted by atomic mass is 10.00. The van der Waals surface area contributed by atoms with Crippen molar-refractivity contribution in [2.75, 3.05) is 32.7 Å². The number of likely N-dealkylation sites (tertiary alicyclic amines) is 1. The second-order valence-corrected chi connectivity index (χ2v) is 10.1. The number of fused-ring (bicyclic) bond motifs is 1. The molecule has 1 atom stereocenters. The fourth-order valence-corrected chi connectivity index (χ4v) is 5.19. The number of amides is 1. The number of nitrogens with zero attached hydrogens (tertiary/aromatic N) is 3.